The minimum Gasteiger partial charge on any atom is -0.393 e. The monoisotopic (exact) mass is 652 g/mol. The van der Waals surface area contributed by atoms with Crippen molar-refractivity contribution in [3.63, 3.8) is 0 Å². The number of nitrogen functional groups attached to an aromatic ring is 1. The summed E-state index contributed by atoms with van der Waals surface area (Å²) >= 11 is 6.34. The summed E-state index contributed by atoms with van der Waals surface area (Å²) in [4.78, 5) is 56.0. The third-order valence-corrected chi connectivity index (χ3v) is 6.95. The number of aryl methyl sites for hydroxylation is 1. The quantitative estimate of drug-likeness (QED) is 0.0734. The Bertz CT molecular complexity index is 2030. The van der Waals surface area contributed by atoms with E-state index in [0.717, 1.165) is 12.1 Å². The van der Waals surface area contributed by atoms with Crippen molar-refractivity contribution in [2.24, 2.45) is 0 Å². The number of halogens is 4. The molecule has 0 aliphatic heterocycles. The van der Waals surface area contributed by atoms with Gasteiger partial charge in [0.1, 0.15) is 17.2 Å². The third kappa shape index (κ3) is 7.53. The molecule has 2 aromatic heterocycles. The highest BCUT2D eigenvalue weighted by atomic mass is 35.5. The number of hydrogen-bond donors (Lipinski definition) is 3. The maximum atomic E-state index is 12.8. The first-order chi connectivity index (χ1) is 21.5. The number of anilines is 2. The van der Waals surface area contributed by atoms with Crippen molar-refractivity contribution in [2.45, 2.75) is 26.9 Å². The van der Waals surface area contributed by atoms with Crippen molar-refractivity contribution < 1.29 is 32.5 Å². The Morgan fingerprint density at radius 1 is 0.935 bits per heavy atom. The predicted molar refractivity (Wildman–Crippen MR) is 166 cm³/mol. The molecule has 11 nitrogen and oxygen atoms in total. The lowest BCUT2D eigenvalue weighted by atomic mass is 10.1. The second-order valence-electron chi connectivity index (χ2n) is 9.94. The summed E-state index contributed by atoms with van der Waals surface area (Å²) in [6.45, 7) is 4.18. The van der Waals surface area contributed by atoms with Gasteiger partial charge in [-0.1, -0.05) is 11.6 Å². The number of imidazole rings is 1. The number of pyridine rings is 1. The lowest BCUT2D eigenvalue weighted by molar-refractivity contribution is -0.383. The van der Waals surface area contributed by atoms with Crippen molar-refractivity contribution in [3.05, 3.63) is 110 Å². The summed E-state index contributed by atoms with van der Waals surface area (Å²) in [5, 5.41) is 13.4. The van der Waals surface area contributed by atoms with E-state index in [1.165, 1.54) is 39.0 Å². The van der Waals surface area contributed by atoms with Crippen LogP contribution < -0.4 is 11.1 Å². The minimum absolute atomic E-state index is 0.0118. The van der Waals surface area contributed by atoms with Crippen LogP contribution in [-0.2, 0) is 6.18 Å². The van der Waals surface area contributed by atoms with E-state index in [9.17, 15) is 37.7 Å². The van der Waals surface area contributed by atoms with Gasteiger partial charge in [0.25, 0.3) is 11.6 Å². The Morgan fingerprint density at radius 3 is 2.17 bits per heavy atom. The molecule has 236 valence electrons. The highest BCUT2D eigenvalue weighted by Gasteiger charge is 2.33. The smallest absolute Gasteiger partial charge is 0.393 e. The van der Waals surface area contributed by atoms with Gasteiger partial charge >= 0.3 is 6.18 Å². The van der Waals surface area contributed by atoms with Gasteiger partial charge in [0, 0.05) is 28.4 Å². The summed E-state index contributed by atoms with van der Waals surface area (Å²) in [5.41, 5.74) is 7.15. The number of H-pyrrole nitrogens is 1. The van der Waals surface area contributed by atoms with Crippen LogP contribution in [0.1, 0.15) is 56.3 Å². The standard InChI is InChI=1S/C23H16ClF3N4O2.C8H8N2O3/c1-11-15(5-8-20(28-11)23(25,26)27)22(33)29-14-4-6-17(24)16(10-14)21-30-18-7-3-13(12(2)32)9-19(18)31-21;1-5(11)6-2-3-8(10(12)13)7(9)4-6/h3-10H,1-2H3,(H,29,33)(H,30,31);2-4H,9H2,1H3. The molecule has 0 radical (unpaired) electrons. The number of nitro groups is 1. The summed E-state index contributed by atoms with van der Waals surface area (Å²) in [6, 6.07) is 15.6. The highest BCUT2D eigenvalue weighted by molar-refractivity contribution is 6.33. The molecule has 0 spiro atoms. The van der Waals surface area contributed by atoms with Crippen molar-refractivity contribution in [1.29, 1.82) is 0 Å². The molecule has 1 amide bonds. The third-order valence-electron chi connectivity index (χ3n) is 6.62. The van der Waals surface area contributed by atoms with Crippen LogP contribution >= 0.6 is 11.6 Å². The van der Waals surface area contributed by atoms with Crippen LogP contribution in [0.5, 0.6) is 0 Å². The fraction of sp³-hybridized carbons (Fsp3) is 0.129. The molecule has 0 saturated heterocycles. The van der Waals surface area contributed by atoms with E-state index in [4.69, 9.17) is 17.3 Å². The average molecular weight is 653 g/mol. The molecule has 0 saturated carbocycles. The zero-order valence-corrected chi connectivity index (χ0v) is 25.1. The minimum atomic E-state index is -4.59. The van der Waals surface area contributed by atoms with Gasteiger partial charge in [0.2, 0.25) is 0 Å². The van der Waals surface area contributed by atoms with Crippen LogP contribution in [0.15, 0.2) is 66.7 Å². The van der Waals surface area contributed by atoms with E-state index in [1.54, 1.807) is 36.4 Å². The number of ketones is 2. The first-order valence-electron chi connectivity index (χ1n) is 13.3. The number of aromatic nitrogens is 3. The number of benzene rings is 3. The molecule has 2 heterocycles. The molecule has 0 unspecified atom stereocenters. The van der Waals surface area contributed by atoms with E-state index in [2.05, 4.69) is 20.3 Å². The first-order valence-corrected chi connectivity index (χ1v) is 13.6. The number of hydrogen-bond acceptors (Lipinski definition) is 8. The summed E-state index contributed by atoms with van der Waals surface area (Å²) < 4.78 is 38.5. The van der Waals surface area contributed by atoms with Crippen molar-refractivity contribution in [3.8, 4) is 11.4 Å². The van der Waals surface area contributed by atoms with Crippen LogP contribution in [0.2, 0.25) is 5.02 Å². The molecular formula is C31H24ClF3N6O5. The Labute approximate surface area is 263 Å². The summed E-state index contributed by atoms with van der Waals surface area (Å²) in [5.74, 6) is -0.428. The van der Waals surface area contributed by atoms with Gasteiger partial charge in [-0.2, -0.15) is 13.2 Å². The lowest BCUT2D eigenvalue weighted by Gasteiger charge is -2.11. The predicted octanol–water partition coefficient (Wildman–Crippen LogP) is 7.44. The molecule has 0 aliphatic rings. The van der Waals surface area contributed by atoms with Gasteiger partial charge in [0.15, 0.2) is 11.6 Å². The number of nitrogens with two attached hydrogens (primary N) is 1. The molecular weight excluding hydrogens is 629 g/mol. The lowest BCUT2D eigenvalue weighted by Crippen LogP contribution is -2.16. The van der Waals surface area contributed by atoms with Crippen LogP contribution in [-0.4, -0.2) is 37.3 Å². The number of fused-ring (bicyclic) bond motifs is 1. The maximum Gasteiger partial charge on any atom is 0.433 e. The number of nitro benzene ring substituents is 1. The molecule has 5 rings (SSSR count). The zero-order chi connectivity index (χ0) is 33.9. The number of amides is 1. The number of alkyl halides is 3. The van der Waals surface area contributed by atoms with E-state index in [-0.39, 0.29) is 34.2 Å². The van der Waals surface area contributed by atoms with Gasteiger partial charge < -0.3 is 16.0 Å². The number of aromatic amines is 1. The first kappa shape index (κ1) is 33.3. The largest absolute Gasteiger partial charge is 0.433 e. The Morgan fingerprint density at radius 2 is 1.59 bits per heavy atom. The number of rotatable bonds is 6. The van der Waals surface area contributed by atoms with E-state index >= 15 is 0 Å². The molecule has 46 heavy (non-hydrogen) atoms. The van der Waals surface area contributed by atoms with Gasteiger partial charge in [-0.25, -0.2) is 9.97 Å². The topological polar surface area (TPSA) is 174 Å². The van der Waals surface area contributed by atoms with Crippen molar-refractivity contribution >= 4 is 57.2 Å². The molecule has 0 atom stereocenters. The number of Topliss-reactive ketones (excluding diaryl/α,β-unsaturated/α-hetero) is 2. The number of nitrogens with zero attached hydrogens (tertiary/aromatic N) is 3. The fourth-order valence-corrected chi connectivity index (χ4v) is 4.44. The summed E-state index contributed by atoms with van der Waals surface area (Å²) in [6.07, 6.45) is -4.59. The van der Waals surface area contributed by atoms with E-state index in [1.807, 2.05) is 0 Å². The van der Waals surface area contributed by atoms with E-state index < -0.39 is 22.7 Å². The van der Waals surface area contributed by atoms with Gasteiger partial charge in [-0.3, -0.25) is 24.5 Å². The molecule has 3 aromatic carbocycles. The van der Waals surface area contributed by atoms with Gasteiger partial charge in [-0.05, 0) is 81.4 Å². The van der Waals surface area contributed by atoms with Crippen LogP contribution in [0.25, 0.3) is 22.4 Å². The number of nitrogens with one attached hydrogen (secondary N) is 2. The SMILES string of the molecule is CC(=O)c1ccc([N+](=O)[O-])c(N)c1.CC(=O)c1ccc2nc(-c3cc(NC(=O)c4ccc(C(F)(F)F)nc4C)ccc3Cl)[nH]c2c1. The average Bonchev–Trinajstić information content (AvgIpc) is 3.41. The fourth-order valence-electron chi connectivity index (χ4n) is 4.24. The Kier molecular flexibility index (Phi) is 9.52. The molecule has 0 fully saturated rings. The molecule has 4 N–H and O–H groups in total. The highest BCUT2D eigenvalue weighted by Crippen LogP contribution is 2.32. The Hall–Kier alpha value is -5.63. The number of carbonyl (C=O) groups excluding carboxylic acids is 3. The second kappa shape index (κ2) is 13.2. The van der Waals surface area contributed by atoms with Crippen molar-refractivity contribution in [1.82, 2.24) is 15.0 Å². The Balaban J connectivity index is 0.000000310. The molecule has 5 aromatic rings. The van der Waals surface area contributed by atoms with Gasteiger partial charge in [-0.15, -0.1) is 0 Å². The van der Waals surface area contributed by atoms with Crippen LogP contribution in [0.4, 0.5) is 30.2 Å². The van der Waals surface area contributed by atoms with Crippen molar-refractivity contribution in [2.75, 3.05) is 11.1 Å². The van der Waals surface area contributed by atoms with Crippen LogP contribution in [0, 0.1) is 17.0 Å². The maximum absolute atomic E-state index is 12.8. The molecule has 15 heteroatoms. The second-order valence-corrected chi connectivity index (χ2v) is 10.3. The van der Waals surface area contributed by atoms with E-state index in [0.29, 0.717) is 44.3 Å². The summed E-state index contributed by atoms with van der Waals surface area (Å²) in [7, 11) is 0. The normalized spacial score (nSPS) is 11.0. The zero-order valence-electron chi connectivity index (χ0n) is 24.3. The van der Waals surface area contributed by atoms with Gasteiger partial charge in [0.05, 0.1) is 32.2 Å². The molecule has 0 aliphatic carbocycles. The molecule has 0 bridgehead atoms. The number of carbonyl (C=O) groups is 3. The van der Waals surface area contributed by atoms with Crippen LogP contribution in [0.3, 0.4) is 0 Å².